The van der Waals surface area contributed by atoms with Crippen molar-refractivity contribution < 1.29 is 32.2 Å². The number of anilines is 1. The van der Waals surface area contributed by atoms with Gasteiger partial charge in [-0.3, -0.25) is 9.59 Å². The second-order valence-electron chi connectivity index (χ2n) is 7.98. The molecule has 1 aliphatic carbocycles. The van der Waals surface area contributed by atoms with Gasteiger partial charge in [-0.15, -0.1) is 0 Å². The molecule has 0 saturated carbocycles. The van der Waals surface area contributed by atoms with E-state index in [9.17, 15) is 22.8 Å². The standard InChI is InChI=1S/C27H22F3NO4/c1-34-24-14-17(13-19-11-10-18-5-2-3-8-22(18)26(19)33)9-12-23(24)35-16-25(32)31-21-7-4-6-20(15-21)27(28,29)30/h2-9,12-15H,10-11,16H2,1H3,(H,31,32). The van der Waals surface area contributed by atoms with Crippen LogP contribution in [0.4, 0.5) is 18.9 Å². The molecule has 0 heterocycles. The molecule has 5 nitrogen and oxygen atoms in total. The van der Waals surface area contributed by atoms with Gasteiger partial charge in [0.05, 0.1) is 12.7 Å². The summed E-state index contributed by atoms with van der Waals surface area (Å²) < 4.78 is 49.4. The highest BCUT2D eigenvalue weighted by Gasteiger charge is 2.30. The summed E-state index contributed by atoms with van der Waals surface area (Å²) in [7, 11) is 1.45. The first-order chi connectivity index (χ1) is 16.7. The van der Waals surface area contributed by atoms with E-state index in [1.54, 1.807) is 18.2 Å². The second-order valence-corrected chi connectivity index (χ2v) is 7.98. The van der Waals surface area contributed by atoms with Crippen LogP contribution in [0.2, 0.25) is 0 Å². The van der Waals surface area contributed by atoms with Crippen molar-refractivity contribution in [2.75, 3.05) is 19.0 Å². The number of hydrogen-bond acceptors (Lipinski definition) is 4. The van der Waals surface area contributed by atoms with Crippen LogP contribution >= 0.6 is 0 Å². The molecule has 0 bridgehead atoms. The topological polar surface area (TPSA) is 64.6 Å². The van der Waals surface area contributed by atoms with Crippen molar-refractivity contribution in [3.63, 3.8) is 0 Å². The number of amides is 1. The van der Waals surface area contributed by atoms with Crippen molar-refractivity contribution in [3.05, 3.63) is 94.6 Å². The van der Waals surface area contributed by atoms with Crippen molar-refractivity contribution in [3.8, 4) is 11.5 Å². The minimum atomic E-state index is -4.51. The summed E-state index contributed by atoms with van der Waals surface area (Å²) in [6.07, 6.45) is -1.28. The molecule has 1 amide bonds. The first kappa shape index (κ1) is 24.1. The summed E-state index contributed by atoms with van der Waals surface area (Å²) >= 11 is 0. The quantitative estimate of drug-likeness (QED) is 0.443. The summed E-state index contributed by atoms with van der Waals surface area (Å²) in [6, 6.07) is 17.0. The summed E-state index contributed by atoms with van der Waals surface area (Å²) in [6.45, 7) is -0.428. The molecule has 3 aromatic carbocycles. The number of benzene rings is 3. The number of fused-ring (bicyclic) bond motifs is 1. The van der Waals surface area contributed by atoms with E-state index in [0.29, 0.717) is 23.3 Å². The average molecular weight is 481 g/mol. The number of carbonyl (C=O) groups is 2. The zero-order valence-corrected chi connectivity index (χ0v) is 18.8. The highest BCUT2D eigenvalue weighted by molar-refractivity contribution is 6.13. The Bertz CT molecular complexity index is 1300. The lowest BCUT2D eigenvalue weighted by atomic mass is 9.86. The van der Waals surface area contributed by atoms with Crippen molar-refractivity contribution in [1.82, 2.24) is 0 Å². The SMILES string of the molecule is COc1cc(C=C2CCc3ccccc3C2=O)ccc1OCC(=O)Nc1cccc(C(F)(F)F)c1. The summed E-state index contributed by atoms with van der Waals surface area (Å²) in [5.41, 5.74) is 2.34. The Morgan fingerprint density at radius 2 is 1.80 bits per heavy atom. The molecule has 3 aromatic rings. The van der Waals surface area contributed by atoms with Gasteiger partial charge in [0.2, 0.25) is 0 Å². The van der Waals surface area contributed by atoms with Gasteiger partial charge in [0, 0.05) is 16.8 Å². The van der Waals surface area contributed by atoms with Gasteiger partial charge in [-0.1, -0.05) is 36.4 Å². The van der Waals surface area contributed by atoms with Crippen LogP contribution in [0.15, 0.2) is 72.3 Å². The molecule has 1 aliphatic rings. The lowest BCUT2D eigenvalue weighted by Crippen LogP contribution is -2.20. The maximum Gasteiger partial charge on any atom is 0.416 e. The number of alkyl halides is 3. The molecule has 0 unspecified atom stereocenters. The third kappa shape index (κ3) is 5.71. The molecule has 0 atom stereocenters. The monoisotopic (exact) mass is 481 g/mol. The molecular weight excluding hydrogens is 459 g/mol. The van der Waals surface area contributed by atoms with E-state index in [4.69, 9.17) is 9.47 Å². The number of rotatable bonds is 6. The van der Waals surface area contributed by atoms with Crippen LogP contribution in [0.5, 0.6) is 11.5 Å². The zero-order valence-electron chi connectivity index (χ0n) is 18.8. The highest BCUT2D eigenvalue weighted by atomic mass is 19.4. The van der Waals surface area contributed by atoms with Gasteiger partial charge in [0.15, 0.2) is 23.9 Å². The Labute approximate surface area is 200 Å². The lowest BCUT2D eigenvalue weighted by molar-refractivity contribution is -0.137. The van der Waals surface area contributed by atoms with Gasteiger partial charge in [-0.05, 0) is 60.4 Å². The third-order valence-corrected chi connectivity index (χ3v) is 5.58. The van der Waals surface area contributed by atoms with Gasteiger partial charge in [0.25, 0.3) is 5.91 Å². The first-order valence-corrected chi connectivity index (χ1v) is 10.9. The zero-order chi connectivity index (χ0) is 25.0. The predicted octanol–water partition coefficient (Wildman–Crippen LogP) is 5.94. The van der Waals surface area contributed by atoms with Crippen molar-refractivity contribution in [2.24, 2.45) is 0 Å². The van der Waals surface area contributed by atoms with Crippen LogP contribution in [0, 0.1) is 0 Å². The van der Waals surface area contributed by atoms with E-state index in [2.05, 4.69) is 5.32 Å². The Morgan fingerprint density at radius 1 is 1.00 bits per heavy atom. The predicted molar refractivity (Wildman–Crippen MR) is 126 cm³/mol. The molecule has 4 rings (SSSR count). The number of nitrogens with one attached hydrogen (secondary N) is 1. The molecule has 0 fully saturated rings. The van der Waals surface area contributed by atoms with E-state index < -0.39 is 24.3 Å². The fourth-order valence-corrected chi connectivity index (χ4v) is 3.86. The number of carbonyl (C=O) groups excluding carboxylic acids is 2. The molecule has 35 heavy (non-hydrogen) atoms. The average Bonchev–Trinajstić information content (AvgIpc) is 2.84. The number of halogens is 3. The number of ketones is 1. The van der Waals surface area contributed by atoms with Crippen molar-refractivity contribution in [1.29, 1.82) is 0 Å². The minimum Gasteiger partial charge on any atom is -0.493 e. The van der Waals surface area contributed by atoms with Crippen LogP contribution in [0.25, 0.3) is 6.08 Å². The van der Waals surface area contributed by atoms with Crippen LogP contribution in [0.3, 0.4) is 0 Å². The first-order valence-electron chi connectivity index (χ1n) is 10.9. The summed E-state index contributed by atoms with van der Waals surface area (Å²) in [5, 5.41) is 2.39. The van der Waals surface area contributed by atoms with Gasteiger partial charge in [0.1, 0.15) is 0 Å². The van der Waals surface area contributed by atoms with Crippen molar-refractivity contribution in [2.45, 2.75) is 19.0 Å². The maximum absolute atomic E-state index is 12.9. The van der Waals surface area contributed by atoms with Gasteiger partial charge in [-0.2, -0.15) is 13.2 Å². The molecule has 8 heteroatoms. The Kier molecular flexibility index (Phi) is 6.91. The third-order valence-electron chi connectivity index (χ3n) is 5.58. The molecule has 0 aromatic heterocycles. The van der Waals surface area contributed by atoms with Gasteiger partial charge in [-0.25, -0.2) is 0 Å². The smallest absolute Gasteiger partial charge is 0.416 e. The summed E-state index contributed by atoms with van der Waals surface area (Å²) in [4.78, 5) is 25.0. The maximum atomic E-state index is 12.9. The largest absolute Gasteiger partial charge is 0.493 e. The number of allylic oxidation sites excluding steroid dienone is 1. The van der Waals surface area contributed by atoms with E-state index >= 15 is 0 Å². The van der Waals surface area contributed by atoms with Crippen LogP contribution < -0.4 is 14.8 Å². The molecule has 0 radical (unpaired) electrons. The number of Topliss-reactive ketones (excluding diaryl/α,β-unsaturated/α-hetero) is 1. The van der Waals surface area contributed by atoms with Crippen LogP contribution in [0.1, 0.15) is 33.5 Å². The molecule has 0 spiro atoms. The number of aryl methyl sites for hydroxylation is 1. The van der Waals surface area contributed by atoms with E-state index in [1.165, 1.54) is 19.2 Å². The summed E-state index contributed by atoms with van der Waals surface area (Å²) in [5.74, 6) is 0.0190. The lowest BCUT2D eigenvalue weighted by Gasteiger charge is -2.17. The Balaban J connectivity index is 1.42. The van der Waals surface area contributed by atoms with Gasteiger partial charge >= 0.3 is 6.18 Å². The van der Waals surface area contributed by atoms with Crippen molar-refractivity contribution >= 4 is 23.5 Å². The van der Waals surface area contributed by atoms with Gasteiger partial charge < -0.3 is 14.8 Å². The minimum absolute atomic E-state index is 0.00240. The van der Waals surface area contributed by atoms with E-state index in [0.717, 1.165) is 29.7 Å². The molecule has 0 saturated heterocycles. The Morgan fingerprint density at radius 3 is 2.57 bits per heavy atom. The van der Waals surface area contributed by atoms with E-state index in [-0.39, 0.29) is 17.2 Å². The fraction of sp³-hybridized carbons (Fsp3) is 0.185. The Hall–Kier alpha value is -4.07. The number of methoxy groups -OCH3 is 1. The number of hydrogen-bond donors (Lipinski definition) is 1. The molecular formula is C27H22F3NO4. The number of ether oxygens (including phenoxy) is 2. The molecule has 0 aliphatic heterocycles. The fourth-order valence-electron chi connectivity index (χ4n) is 3.86. The second kappa shape index (κ2) is 10.0. The molecule has 1 N–H and O–H groups in total. The van der Waals surface area contributed by atoms with Crippen LogP contribution in [-0.4, -0.2) is 25.4 Å². The normalized spacial score (nSPS) is 14.4. The molecule has 180 valence electrons. The highest BCUT2D eigenvalue weighted by Crippen LogP contribution is 2.32. The van der Waals surface area contributed by atoms with Crippen LogP contribution in [-0.2, 0) is 17.4 Å². The van der Waals surface area contributed by atoms with E-state index in [1.807, 2.05) is 30.3 Å².